The third-order valence-corrected chi connectivity index (χ3v) is 2.63. The molecule has 3 nitrogen and oxygen atoms in total. The zero-order valence-electron chi connectivity index (χ0n) is 9.55. The molecule has 0 bridgehead atoms. The summed E-state index contributed by atoms with van der Waals surface area (Å²) >= 11 is 0. The maximum Gasteiger partial charge on any atom is 0.320 e. The van der Waals surface area contributed by atoms with Crippen molar-refractivity contribution in [2.45, 2.75) is 52.5 Å². The van der Waals surface area contributed by atoms with Crippen molar-refractivity contribution < 1.29 is 9.90 Å². The number of aliphatic carboxylic acids is 1. The molecule has 0 amide bonds. The second kappa shape index (κ2) is 7.80. The van der Waals surface area contributed by atoms with Gasteiger partial charge in [-0.2, -0.15) is 0 Å². The zero-order chi connectivity index (χ0) is 11.0. The summed E-state index contributed by atoms with van der Waals surface area (Å²) in [7, 11) is 0. The van der Waals surface area contributed by atoms with E-state index in [0.717, 1.165) is 13.0 Å². The predicted molar refractivity (Wildman–Crippen MR) is 58.4 cm³/mol. The average molecular weight is 201 g/mol. The summed E-state index contributed by atoms with van der Waals surface area (Å²) < 4.78 is 0. The fourth-order valence-electron chi connectivity index (χ4n) is 1.37. The molecule has 0 aliphatic heterocycles. The SMILES string of the molecule is CCCCC(CC)CN[C@@H](C)C(=O)O. The van der Waals surface area contributed by atoms with Crippen molar-refractivity contribution in [1.29, 1.82) is 0 Å². The lowest BCUT2D eigenvalue weighted by atomic mass is 9.99. The van der Waals surface area contributed by atoms with Crippen molar-refractivity contribution in [1.82, 2.24) is 5.32 Å². The van der Waals surface area contributed by atoms with Crippen molar-refractivity contribution >= 4 is 5.97 Å². The lowest BCUT2D eigenvalue weighted by Crippen LogP contribution is -2.36. The molecule has 0 heterocycles. The third-order valence-electron chi connectivity index (χ3n) is 2.63. The molecule has 2 N–H and O–H groups in total. The third kappa shape index (κ3) is 5.97. The molecule has 0 aliphatic rings. The van der Waals surface area contributed by atoms with Crippen LogP contribution in [0.4, 0.5) is 0 Å². The first kappa shape index (κ1) is 13.4. The predicted octanol–water partition coefficient (Wildman–Crippen LogP) is 2.27. The van der Waals surface area contributed by atoms with Gasteiger partial charge in [-0.1, -0.05) is 33.1 Å². The number of hydrogen-bond donors (Lipinski definition) is 2. The summed E-state index contributed by atoms with van der Waals surface area (Å²) in [6.07, 6.45) is 4.78. The quantitative estimate of drug-likeness (QED) is 0.633. The van der Waals surface area contributed by atoms with Crippen LogP contribution in [0.3, 0.4) is 0 Å². The molecule has 3 heteroatoms. The number of carboxylic acids is 1. The van der Waals surface area contributed by atoms with Crippen LogP contribution in [0, 0.1) is 5.92 Å². The number of hydrogen-bond acceptors (Lipinski definition) is 2. The topological polar surface area (TPSA) is 49.3 Å². The van der Waals surface area contributed by atoms with E-state index in [-0.39, 0.29) is 0 Å². The van der Waals surface area contributed by atoms with Gasteiger partial charge >= 0.3 is 5.97 Å². The van der Waals surface area contributed by atoms with Crippen LogP contribution in [0.2, 0.25) is 0 Å². The molecular formula is C11H23NO2. The Morgan fingerprint density at radius 2 is 2.07 bits per heavy atom. The van der Waals surface area contributed by atoms with Gasteiger partial charge in [0.05, 0.1) is 0 Å². The number of carbonyl (C=O) groups is 1. The van der Waals surface area contributed by atoms with Gasteiger partial charge in [-0.15, -0.1) is 0 Å². The van der Waals surface area contributed by atoms with Crippen LogP contribution in [-0.2, 0) is 4.79 Å². The lowest BCUT2D eigenvalue weighted by molar-refractivity contribution is -0.139. The van der Waals surface area contributed by atoms with Crippen LogP contribution < -0.4 is 5.32 Å². The molecule has 14 heavy (non-hydrogen) atoms. The van der Waals surface area contributed by atoms with Crippen LogP contribution in [0.15, 0.2) is 0 Å². The lowest BCUT2D eigenvalue weighted by Gasteiger charge is -2.17. The van der Waals surface area contributed by atoms with Crippen LogP contribution >= 0.6 is 0 Å². The molecule has 2 atom stereocenters. The molecular weight excluding hydrogens is 178 g/mol. The van der Waals surface area contributed by atoms with E-state index in [9.17, 15) is 4.79 Å². The fourth-order valence-corrected chi connectivity index (χ4v) is 1.37. The number of unbranched alkanes of at least 4 members (excludes halogenated alkanes) is 1. The normalized spacial score (nSPS) is 15.1. The Balaban J connectivity index is 3.66. The Morgan fingerprint density at radius 3 is 2.50 bits per heavy atom. The molecule has 84 valence electrons. The molecule has 0 aromatic heterocycles. The molecule has 0 radical (unpaired) electrons. The van der Waals surface area contributed by atoms with Crippen LogP contribution in [0.5, 0.6) is 0 Å². The summed E-state index contributed by atoms with van der Waals surface area (Å²) in [5.41, 5.74) is 0. The van der Waals surface area contributed by atoms with Gasteiger partial charge in [-0.3, -0.25) is 4.79 Å². The molecule has 0 saturated carbocycles. The second-order valence-corrected chi connectivity index (χ2v) is 3.88. The molecule has 0 aliphatic carbocycles. The van der Waals surface area contributed by atoms with Gasteiger partial charge in [0.25, 0.3) is 0 Å². The number of rotatable bonds is 8. The first-order valence-corrected chi connectivity index (χ1v) is 5.57. The summed E-state index contributed by atoms with van der Waals surface area (Å²) in [4.78, 5) is 10.6. The van der Waals surface area contributed by atoms with E-state index in [4.69, 9.17) is 5.11 Å². The molecule has 0 aromatic rings. The maximum absolute atomic E-state index is 10.6. The monoisotopic (exact) mass is 201 g/mol. The minimum Gasteiger partial charge on any atom is -0.480 e. The fraction of sp³-hybridized carbons (Fsp3) is 0.909. The molecule has 0 spiro atoms. The van der Waals surface area contributed by atoms with Crippen LogP contribution in [-0.4, -0.2) is 23.7 Å². The Hall–Kier alpha value is -0.570. The highest BCUT2D eigenvalue weighted by molar-refractivity contribution is 5.72. The Kier molecular flexibility index (Phi) is 7.48. The Labute approximate surface area is 86.9 Å². The number of nitrogens with one attached hydrogen (secondary N) is 1. The minimum atomic E-state index is -0.768. The number of carboxylic acid groups (broad SMARTS) is 1. The van der Waals surface area contributed by atoms with Crippen molar-refractivity contribution in [2.24, 2.45) is 5.92 Å². The minimum absolute atomic E-state index is 0.425. The summed E-state index contributed by atoms with van der Waals surface area (Å²) in [5, 5.41) is 11.7. The van der Waals surface area contributed by atoms with E-state index in [1.165, 1.54) is 19.3 Å². The van der Waals surface area contributed by atoms with E-state index < -0.39 is 12.0 Å². The largest absolute Gasteiger partial charge is 0.480 e. The van der Waals surface area contributed by atoms with E-state index in [0.29, 0.717) is 5.92 Å². The Bertz CT molecular complexity index is 159. The highest BCUT2D eigenvalue weighted by atomic mass is 16.4. The van der Waals surface area contributed by atoms with Crippen molar-refractivity contribution in [2.75, 3.05) is 6.54 Å². The van der Waals surface area contributed by atoms with Crippen molar-refractivity contribution in [3.63, 3.8) is 0 Å². The van der Waals surface area contributed by atoms with Gasteiger partial charge in [0.15, 0.2) is 0 Å². The smallest absolute Gasteiger partial charge is 0.320 e. The average Bonchev–Trinajstić information content (AvgIpc) is 2.17. The summed E-state index contributed by atoms with van der Waals surface area (Å²) in [6, 6.07) is -0.425. The van der Waals surface area contributed by atoms with E-state index in [2.05, 4.69) is 19.2 Å². The first-order valence-electron chi connectivity index (χ1n) is 5.57. The maximum atomic E-state index is 10.6. The molecule has 0 saturated heterocycles. The molecule has 1 unspecified atom stereocenters. The van der Waals surface area contributed by atoms with E-state index in [1.807, 2.05) is 0 Å². The van der Waals surface area contributed by atoms with Gasteiger partial charge in [-0.25, -0.2) is 0 Å². The van der Waals surface area contributed by atoms with Gasteiger partial charge in [-0.05, 0) is 25.8 Å². The van der Waals surface area contributed by atoms with E-state index >= 15 is 0 Å². The second-order valence-electron chi connectivity index (χ2n) is 3.88. The van der Waals surface area contributed by atoms with E-state index in [1.54, 1.807) is 6.92 Å². The van der Waals surface area contributed by atoms with Crippen LogP contribution in [0.25, 0.3) is 0 Å². The highest BCUT2D eigenvalue weighted by Crippen LogP contribution is 2.11. The highest BCUT2D eigenvalue weighted by Gasteiger charge is 2.12. The Morgan fingerprint density at radius 1 is 1.43 bits per heavy atom. The van der Waals surface area contributed by atoms with Gasteiger partial charge < -0.3 is 10.4 Å². The van der Waals surface area contributed by atoms with Crippen molar-refractivity contribution in [3.8, 4) is 0 Å². The summed E-state index contributed by atoms with van der Waals surface area (Å²) in [5.74, 6) is -0.146. The molecule has 0 fully saturated rings. The van der Waals surface area contributed by atoms with Crippen LogP contribution in [0.1, 0.15) is 46.5 Å². The summed E-state index contributed by atoms with van der Waals surface area (Å²) in [6.45, 7) is 6.85. The zero-order valence-corrected chi connectivity index (χ0v) is 9.55. The first-order chi connectivity index (χ1) is 6.61. The van der Waals surface area contributed by atoms with Gasteiger partial charge in [0.2, 0.25) is 0 Å². The van der Waals surface area contributed by atoms with Gasteiger partial charge in [0, 0.05) is 0 Å². The standard InChI is InChI=1S/C11H23NO2/c1-4-6-7-10(5-2)8-12-9(3)11(13)14/h9-10,12H,4-8H2,1-3H3,(H,13,14)/t9-,10?/m0/s1. The van der Waals surface area contributed by atoms with Gasteiger partial charge in [0.1, 0.15) is 6.04 Å². The molecule has 0 aromatic carbocycles. The van der Waals surface area contributed by atoms with Crippen molar-refractivity contribution in [3.05, 3.63) is 0 Å². The molecule has 0 rings (SSSR count).